The number of nitrogens with one attached hydrogen (secondary N) is 2. The van der Waals surface area contributed by atoms with Crippen molar-refractivity contribution in [1.29, 1.82) is 0 Å². The van der Waals surface area contributed by atoms with Gasteiger partial charge in [0.2, 0.25) is 11.8 Å². The van der Waals surface area contributed by atoms with Gasteiger partial charge in [-0.3, -0.25) is 9.59 Å². The molecule has 0 bridgehead atoms. The van der Waals surface area contributed by atoms with Crippen LogP contribution in [-0.2, 0) is 30.3 Å². The molecule has 2 aromatic rings. The number of esters is 1. The zero-order valence-corrected chi connectivity index (χ0v) is 24.8. The smallest absolute Gasteiger partial charge is 0.408 e. The van der Waals surface area contributed by atoms with Crippen LogP contribution in [-0.4, -0.2) is 58.6 Å². The minimum atomic E-state index is -1.07. The third kappa shape index (κ3) is 10.7. The van der Waals surface area contributed by atoms with Crippen molar-refractivity contribution in [1.82, 2.24) is 15.5 Å². The molecule has 0 spiro atoms. The molecule has 2 aromatic carbocycles. The van der Waals surface area contributed by atoms with E-state index >= 15 is 0 Å². The average Bonchev–Trinajstić information content (AvgIpc) is 2.84. The first-order valence-electron chi connectivity index (χ1n) is 13.5. The van der Waals surface area contributed by atoms with E-state index in [9.17, 15) is 19.2 Å². The maximum atomic E-state index is 14.0. The Morgan fingerprint density at radius 3 is 1.82 bits per heavy atom. The van der Waals surface area contributed by atoms with Crippen molar-refractivity contribution in [2.45, 2.75) is 91.1 Å². The SMILES string of the molecule is CC(C)N(C(=O)CNC(=O)OC(C)(C)C)C(C(=O)NC(Cc1ccccc1)C(=O)OC(C)(C)C)c1ccccc1. The van der Waals surface area contributed by atoms with Gasteiger partial charge in [0.15, 0.2) is 0 Å². The van der Waals surface area contributed by atoms with Gasteiger partial charge in [-0.05, 0) is 66.5 Å². The number of amides is 3. The van der Waals surface area contributed by atoms with E-state index in [1.807, 2.05) is 36.4 Å². The summed E-state index contributed by atoms with van der Waals surface area (Å²) < 4.78 is 10.9. The molecule has 218 valence electrons. The highest BCUT2D eigenvalue weighted by Crippen LogP contribution is 2.25. The van der Waals surface area contributed by atoms with Gasteiger partial charge < -0.3 is 25.0 Å². The molecule has 9 heteroatoms. The van der Waals surface area contributed by atoms with Crippen LogP contribution in [0.5, 0.6) is 0 Å². The zero-order chi connectivity index (χ0) is 30.1. The molecule has 3 amide bonds. The van der Waals surface area contributed by atoms with Gasteiger partial charge in [0.25, 0.3) is 0 Å². The highest BCUT2D eigenvalue weighted by atomic mass is 16.6. The van der Waals surface area contributed by atoms with Crippen LogP contribution in [0.3, 0.4) is 0 Å². The van der Waals surface area contributed by atoms with Crippen LogP contribution in [0.15, 0.2) is 60.7 Å². The van der Waals surface area contributed by atoms with E-state index in [1.54, 1.807) is 79.7 Å². The summed E-state index contributed by atoms with van der Waals surface area (Å²) in [5, 5.41) is 5.33. The van der Waals surface area contributed by atoms with Crippen molar-refractivity contribution in [3.63, 3.8) is 0 Å². The molecular formula is C31H43N3O6. The molecule has 0 aliphatic heterocycles. The van der Waals surface area contributed by atoms with Crippen LogP contribution in [0.25, 0.3) is 0 Å². The van der Waals surface area contributed by atoms with E-state index in [0.29, 0.717) is 5.56 Å². The van der Waals surface area contributed by atoms with Gasteiger partial charge in [-0.2, -0.15) is 0 Å². The lowest BCUT2D eigenvalue weighted by Crippen LogP contribution is -2.53. The Hall–Kier alpha value is -3.88. The Kier molecular flexibility index (Phi) is 11.3. The first-order chi connectivity index (χ1) is 18.6. The molecule has 0 fully saturated rings. The van der Waals surface area contributed by atoms with Gasteiger partial charge in [0.1, 0.15) is 29.8 Å². The molecule has 0 aliphatic rings. The van der Waals surface area contributed by atoms with Crippen molar-refractivity contribution >= 4 is 23.9 Å². The lowest BCUT2D eigenvalue weighted by Gasteiger charge is -2.35. The quantitative estimate of drug-likeness (QED) is 0.417. The molecule has 0 heterocycles. The van der Waals surface area contributed by atoms with Crippen LogP contribution in [0.2, 0.25) is 0 Å². The highest BCUT2D eigenvalue weighted by molar-refractivity contribution is 5.93. The van der Waals surface area contributed by atoms with E-state index in [2.05, 4.69) is 10.6 Å². The van der Waals surface area contributed by atoms with Crippen molar-refractivity contribution < 1.29 is 28.7 Å². The predicted octanol–water partition coefficient (Wildman–Crippen LogP) is 4.56. The Bertz CT molecular complexity index is 1140. The van der Waals surface area contributed by atoms with Crippen molar-refractivity contribution in [2.24, 2.45) is 0 Å². The molecule has 0 radical (unpaired) electrons. The summed E-state index contributed by atoms with van der Waals surface area (Å²) in [4.78, 5) is 54.2. The highest BCUT2D eigenvalue weighted by Gasteiger charge is 2.36. The maximum Gasteiger partial charge on any atom is 0.408 e. The Labute approximate surface area is 237 Å². The maximum absolute atomic E-state index is 14.0. The third-order valence-electron chi connectivity index (χ3n) is 5.56. The van der Waals surface area contributed by atoms with Crippen molar-refractivity contribution in [3.05, 3.63) is 71.8 Å². The number of ether oxygens (including phenoxy) is 2. The standard InChI is InChI=1S/C31H43N3O6/c1-21(2)34(25(35)20-32-29(38)40-31(6,7)8)26(23-17-13-10-14-18-23)27(36)33-24(28(37)39-30(3,4)5)19-22-15-11-9-12-16-22/h9-18,21,24,26H,19-20H2,1-8H3,(H,32,38)(H,33,36). The summed E-state index contributed by atoms with van der Waals surface area (Å²) in [6.45, 7) is 13.6. The summed E-state index contributed by atoms with van der Waals surface area (Å²) in [5.41, 5.74) is -0.0921. The zero-order valence-electron chi connectivity index (χ0n) is 24.8. The molecule has 9 nitrogen and oxygen atoms in total. The first-order valence-corrected chi connectivity index (χ1v) is 13.5. The van der Waals surface area contributed by atoms with Crippen LogP contribution < -0.4 is 10.6 Å². The molecule has 2 N–H and O–H groups in total. The second-order valence-electron chi connectivity index (χ2n) is 11.8. The summed E-state index contributed by atoms with van der Waals surface area (Å²) >= 11 is 0. The fourth-order valence-electron chi connectivity index (χ4n) is 4.02. The predicted molar refractivity (Wildman–Crippen MR) is 153 cm³/mol. The normalized spacial score (nSPS) is 13.1. The fraction of sp³-hybridized carbons (Fsp3) is 0.484. The molecule has 2 rings (SSSR count). The monoisotopic (exact) mass is 553 g/mol. The van der Waals surface area contributed by atoms with E-state index < -0.39 is 53.2 Å². The number of hydrogen-bond acceptors (Lipinski definition) is 6. The number of carbonyl (C=O) groups is 4. The minimum Gasteiger partial charge on any atom is -0.458 e. The van der Waals surface area contributed by atoms with E-state index in [1.165, 1.54) is 4.90 Å². The number of rotatable bonds is 10. The second-order valence-corrected chi connectivity index (χ2v) is 11.8. The van der Waals surface area contributed by atoms with Crippen LogP contribution in [0, 0.1) is 0 Å². The van der Waals surface area contributed by atoms with Gasteiger partial charge in [-0.1, -0.05) is 60.7 Å². The van der Waals surface area contributed by atoms with Crippen LogP contribution in [0.1, 0.15) is 72.6 Å². The largest absolute Gasteiger partial charge is 0.458 e. The Balaban J connectivity index is 2.39. The number of alkyl carbamates (subject to hydrolysis) is 1. The average molecular weight is 554 g/mol. The molecule has 0 saturated carbocycles. The molecule has 0 aliphatic carbocycles. The van der Waals surface area contributed by atoms with Crippen LogP contribution >= 0.6 is 0 Å². The van der Waals surface area contributed by atoms with Gasteiger partial charge in [-0.15, -0.1) is 0 Å². The van der Waals surface area contributed by atoms with Crippen molar-refractivity contribution in [2.75, 3.05) is 6.54 Å². The van der Waals surface area contributed by atoms with Gasteiger partial charge in [-0.25, -0.2) is 9.59 Å². The lowest BCUT2D eigenvalue weighted by molar-refractivity contribution is -0.159. The van der Waals surface area contributed by atoms with E-state index in [4.69, 9.17) is 9.47 Å². The third-order valence-corrected chi connectivity index (χ3v) is 5.56. The number of nitrogens with zero attached hydrogens (tertiary/aromatic N) is 1. The molecule has 2 unspecified atom stereocenters. The molecule has 40 heavy (non-hydrogen) atoms. The van der Waals surface area contributed by atoms with E-state index in [0.717, 1.165) is 5.56 Å². The van der Waals surface area contributed by atoms with Gasteiger partial charge >= 0.3 is 12.1 Å². The van der Waals surface area contributed by atoms with Gasteiger partial charge in [0, 0.05) is 12.5 Å². The summed E-state index contributed by atoms with van der Waals surface area (Å²) in [7, 11) is 0. The number of hydrogen-bond donors (Lipinski definition) is 2. The van der Waals surface area contributed by atoms with E-state index in [-0.39, 0.29) is 13.0 Å². The molecule has 0 aromatic heterocycles. The fourth-order valence-corrected chi connectivity index (χ4v) is 4.02. The molecule has 0 saturated heterocycles. The summed E-state index contributed by atoms with van der Waals surface area (Å²) in [6.07, 6.45) is -0.531. The topological polar surface area (TPSA) is 114 Å². The second kappa shape index (κ2) is 14.0. The molecular weight excluding hydrogens is 510 g/mol. The Morgan fingerprint density at radius 2 is 1.32 bits per heavy atom. The first kappa shape index (κ1) is 32.3. The summed E-state index contributed by atoms with van der Waals surface area (Å²) in [6, 6.07) is 15.7. The Morgan fingerprint density at radius 1 is 0.800 bits per heavy atom. The molecule has 2 atom stereocenters. The number of carbonyl (C=O) groups excluding carboxylic acids is 4. The van der Waals surface area contributed by atoms with Crippen molar-refractivity contribution in [3.8, 4) is 0 Å². The van der Waals surface area contributed by atoms with Gasteiger partial charge in [0.05, 0.1) is 0 Å². The number of benzene rings is 2. The minimum absolute atomic E-state index is 0.207. The summed E-state index contributed by atoms with van der Waals surface area (Å²) in [5.74, 6) is -1.61. The van der Waals surface area contributed by atoms with Crippen LogP contribution in [0.4, 0.5) is 4.79 Å². The lowest BCUT2D eigenvalue weighted by atomic mass is 10.0.